The monoisotopic (exact) mass is 437 g/mol. The topological polar surface area (TPSA) is 80.2 Å². The first-order valence-electron chi connectivity index (χ1n) is 12.2. The van der Waals surface area contributed by atoms with Crippen LogP contribution in [0.4, 0.5) is 5.69 Å². The van der Waals surface area contributed by atoms with Crippen molar-refractivity contribution in [2.45, 2.75) is 83.7 Å². The first-order chi connectivity index (χ1) is 15.4. The summed E-state index contributed by atoms with van der Waals surface area (Å²) in [6, 6.07) is 6.94. The molecule has 172 valence electrons. The molecule has 4 rings (SSSR count). The van der Waals surface area contributed by atoms with Gasteiger partial charge < -0.3 is 15.2 Å². The third-order valence-electron chi connectivity index (χ3n) is 6.82. The van der Waals surface area contributed by atoms with E-state index in [1.165, 1.54) is 25.7 Å². The Morgan fingerprint density at radius 1 is 1.00 bits per heavy atom. The average molecular weight is 438 g/mol. The van der Waals surface area contributed by atoms with Gasteiger partial charge in [0.1, 0.15) is 6.04 Å². The van der Waals surface area contributed by atoms with Crippen LogP contribution >= 0.6 is 0 Å². The van der Waals surface area contributed by atoms with E-state index in [1.807, 2.05) is 26.0 Å². The van der Waals surface area contributed by atoms with Gasteiger partial charge in [0.2, 0.25) is 11.8 Å². The van der Waals surface area contributed by atoms with E-state index in [2.05, 4.69) is 10.6 Å². The van der Waals surface area contributed by atoms with Crippen molar-refractivity contribution in [3.05, 3.63) is 40.8 Å². The number of anilines is 1. The fourth-order valence-corrected chi connectivity index (χ4v) is 4.92. The van der Waals surface area contributed by atoms with Crippen LogP contribution in [0, 0.1) is 11.8 Å². The van der Waals surface area contributed by atoms with Gasteiger partial charge in [-0.15, -0.1) is 0 Å². The summed E-state index contributed by atoms with van der Waals surface area (Å²) in [5.74, 6) is 0.335. The minimum atomic E-state index is -0.555. The first-order valence-corrected chi connectivity index (χ1v) is 12.2. The predicted octanol–water partition coefficient (Wildman–Crippen LogP) is 4.78. The van der Waals surface area contributed by atoms with Crippen molar-refractivity contribution in [1.29, 1.82) is 0 Å². The highest BCUT2D eigenvalue weighted by Gasteiger charge is 2.31. The lowest BCUT2D eigenvalue weighted by Gasteiger charge is -2.23. The van der Waals surface area contributed by atoms with Gasteiger partial charge in [-0.1, -0.05) is 45.6 Å². The SMILES string of the molecule is CC(C)[C@H](C(=O)NC1CC1)n1ccc2c(NC(=O)CC3CCCCCC3)cccc2c1=O. The van der Waals surface area contributed by atoms with Gasteiger partial charge in [-0.05, 0) is 55.7 Å². The maximum atomic E-state index is 13.3. The molecule has 1 atom stereocenters. The highest BCUT2D eigenvalue weighted by molar-refractivity contribution is 6.02. The number of carbonyl (C=O) groups is 2. The summed E-state index contributed by atoms with van der Waals surface area (Å²) in [6.45, 7) is 3.91. The van der Waals surface area contributed by atoms with Crippen LogP contribution in [0.2, 0.25) is 0 Å². The highest BCUT2D eigenvalue weighted by Crippen LogP contribution is 2.28. The molecule has 2 amide bonds. The Morgan fingerprint density at radius 3 is 2.38 bits per heavy atom. The van der Waals surface area contributed by atoms with Crippen molar-refractivity contribution < 1.29 is 9.59 Å². The first kappa shape index (κ1) is 22.6. The standard InChI is InChI=1S/C26H35N3O3/c1-17(2)24(25(31)27-19-12-13-19)29-15-14-20-21(26(29)32)10-7-11-22(20)28-23(30)16-18-8-5-3-4-6-9-18/h7,10-11,14-15,17-19,24H,3-6,8-9,12-13,16H2,1-2H3,(H,27,31)(H,28,30)/t24-/m1/s1. The molecule has 2 aromatic rings. The zero-order valence-corrected chi connectivity index (χ0v) is 19.2. The maximum absolute atomic E-state index is 13.3. The summed E-state index contributed by atoms with van der Waals surface area (Å²) >= 11 is 0. The molecule has 6 heteroatoms. The highest BCUT2D eigenvalue weighted by atomic mass is 16.2. The zero-order chi connectivity index (χ0) is 22.7. The molecule has 2 N–H and O–H groups in total. The molecule has 32 heavy (non-hydrogen) atoms. The van der Waals surface area contributed by atoms with E-state index in [1.54, 1.807) is 22.9 Å². The smallest absolute Gasteiger partial charge is 0.259 e. The third kappa shape index (κ3) is 5.22. The van der Waals surface area contributed by atoms with Crippen LogP contribution in [-0.2, 0) is 9.59 Å². The summed E-state index contributed by atoms with van der Waals surface area (Å²) in [5, 5.41) is 7.31. The molecule has 0 bridgehead atoms. The molecule has 2 fully saturated rings. The van der Waals surface area contributed by atoms with E-state index >= 15 is 0 Å². The van der Waals surface area contributed by atoms with Gasteiger partial charge in [-0.2, -0.15) is 0 Å². The summed E-state index contributed by atoms with van der Waals surface area (Å²) in [5.41, 5.74) is 0.459. The lowest BCUT2D eigenvalue weighted by atomic mass is 9.96. The molecule has 1 aromatic carbocycles. The summed E-state index contributed by atoms with van der Waals surface area (Å²) in [4.78, 5) is 38.9. The van der Waals surface area contributed by atoms with Crippen LogP contribution in [0.15, 0.2) is 35.3 Å². The number of nitrogens with zero attached hydrogens (tertiary/aromatic N) is 1. The Labute approximate surface area is 189 Å². The van der Waals surface area contributed by atoms with Gasteiger partial charge in [0, 0.05) is 35.1 Å². The quantitative estimate of drug-likeness (QED) is 0.612. The van der Waals surface area contributed by atoms with Crippen LogP contribution in [0.5, 0.6) is 0 Å². The fraction of sp³-hybridized carbons (Fsp3) is 0.577. The maximum Gasteiger partial charge on any atom is 0.259 e. The molecule has 2 saturated carbocycles. The van der Waals surface area contributed by atoms with E-state index in [9.17, 15) is 14.4 Å². The van der Waals surface area contributed by atoms with Gasteiger partial charge in [0.25, 0.3) is 5.56 Å². The Balaban J connectivity index is 1.56. The minimum absolute atomic E-state index is 0.0115. The van der Waals surface area contributed by atoms with Gasteiger partial charge in [-0.25, -0.2) is 0 Å². The number of pyridine rings is 1. The van der Waals surface area contributed by atoms with Crippen LogP contribution in [0.3, 0.4) is 0 Å². The van der Waals surface area contributed by atoms with Gasteiger partial charge >= 0.3 is 0 Å². The number of benzene rings is 1. The lowest BCUT2D eigenvalue weighted by molar-refractivity contribution is -0.125. The van der Waals surface area contributed by atoms with E-state index in [-0.39, 0.29) is 29.3 Å². The Bertz CT molecular complexity index is 1030. The number of carbonyl (C=O) groups excluding carboxylic acids is 2. The van der Waals surface area contributed by atoms with E-state index < -0.39 is 6.04 Å². The zero-order valence-electron chi connectivity index (χ0n) is 19.2. The Kier molecular flexibility index (Phi) is 6.97. The van der Waals surface area contributed by atoms with E-state index in [4.69, 9.17) is 0 Å². The molecule has 2 aliphatic rings. The molecule has 1 aromatic heterocycles. The molecular weight excluding hydrogens is 402 g/mol. The Morgan fingerprint density at radius 2 is 1.72 bits per heavy atom. The number of hydrogen-bond acceptors (Lipinski definition) is 3. The second kappa shape index (κ2) is 9.88. The molecule has 0 saturated heterocycles. The summed E-state index contributed by atoms with van der Waals surface area (Å²) in [7, 11) is 0. The number of fused-ring (bicyclic) bond motifs is 1. The predicted molar refractivity (Wildman–Crippen MR) is 128 cm³/mol. The number of rotatable bonds is 7. The minimum Gasteiger partial charge on any atom is -0.352 e. The molecule has 0 spiro atoms. The number of aromatic nitrogens is 1. The van der Waals surface area contributed by atoms with Crippen LogP contribution in [0.25, 0.3) is 10.8 Å². The second-order valence-corrected chi connectivity index (χ2v) is 9.88. The molecule has 0 radical (unpaired) electrons. The lowest BCUT2D eigenvalue weighted by Crippen LogP contribution is -2.40. The third-order valence-corrected chi connectivity index (χ3v) is 6.82. The van der Waals surface area contributed by atoms with Crippen LogP contribution in [0.1, 0.15) is 77.7 Å². The largest absolute Gasteiger partial charge is 0.352 e. The number of nitrogens with one attached hydrogen (secondary N) is 2. The van der Waals surface area contributed by atoms with Gasteiger partial charge in [-0.3, -0.25) is 14.4 Å². The fourth-order valence-electron chi connectivity index (χ4n) is 4.92. The van der Waals surface area contributed by atoms with Crippen LogP contribution in [-0.4, -0.2) is 22.4 Å². The van der Waals surface area contributed by atoms with Crippen molar-refractivity contribution in [3.8, 4) is 0 Å². The summed E-state index contributed by atoms with van der Waals surface area (Å²) < 4.78 is 1.54. The molecule has 6 nitrogen and oxygen atoms in total. The van der Waals surface area contributed by atoms with Crippen molar-refractivity contribution in [2.24, 2.45) is 11.8 Å². The molecule has 2 aliphatic carbocycles. The van der Waals surface area contributed by atoms with Crippen molar-refractivity contribution in [2.75, 3.05) is 5.32 Å². The number of hydrogen-bond donors (Lipinski definition) is 2. The average Bonchev–Trinajstić information content (AvgIpc) is 3.58. The molecular formula is C26H35N3O3. The van der Waals surface area contributed by atoms with Crippen molar-refractivity contribution >= 4 is 28.3 Å². The normalized spacial score (nSPS) is 18.3. The second-order valence-electron chi connectivity index (χ2n) is 9.88. The Hall–Kier alpha value is -2.63. The summed E-state index contributed by atoms with van der Waals surface area (Å²) in [6.07, 6.45) is 11.4. The van der Waals surface area contributed by atoms with Crippen molar-refractivity contribution in [1.82, 2.24) is 9.88 Å². The molecule has 0 aliphatic heterocycles. The van der Waals surface area contributed by atoms with Gasteiger partial charge in [0.15, 0.2) is 0 Å². The molecule has 1 heterocycles. The van der Waals surface area contributed by atoms with E-state index in [0.29, 0.717) is 28.8 Å². The van der Waals surface area contributed by atoms with E-state index in [0.717, 1.165) is 25.7 Å². The van der Waals surface area contributed by atoms with Crippen molar-refractivity contribution in [3.63, 3.8) is 0 Å². The van der Waals surface area contributed by atoms with Gasteiger partial charge in [0.05, 0.1) is 0 Å². The van der Waals surface area contributed by atoms with Crippen LogP contribution < -0.4 is 16.2 Å². The molecule has 0 unspecified atom stereocenters. The number of amides is 2.